The molecule has 2 N–H and O–H groups in total. The summed E-state index contributed by atoms with van der Waals surface area (Å²) in [6.45, 7) is 0. The van der Waals surface area contributed by atoms with Crippen molar-refractivity contribution in [2.45, 2.75) is 0 Å². The highest BCUT2D eigenvalue weighted by Gasteiger charge is 2.16. The molecular weight excluding hydrogens is 322 g/mol. The molecule has 0 atom stereocenters. The molecule has 0 spiro atoms. The van der Waals surface area contributed by atoms with E-state index in [0.29, 0.717) is 28.3 Å². The van der Waals surface area contributed by atoms with Crippen molar-refractivity contribution < 1.29 is 14.3 Å². The number of anilines is 1. The second-order valence-corrected chi connectivity index (χ2v) is 5.05. The zero-order chi connectivity index (χ0) is 14.7. The number of nitrogens with two attached hydrogens (primary N) is 1. The molecule has 0 aliphatic heterocycles. The maximum atomic E-state index is 12.6. The second-order valence-electron chi connectivity index (χ2n) is 4.13. The van der Waals surface area contributed by atoms with E-state index in [9.17, 15) is 4.79 Å². The Morgan fingerprint density at radius 3 is 2.40 bits per heavy atom. The Morgan fingerprint density at radius 2 is 1.75 bits per heavy atom. The van der Waals surface area contributed by atoms with Crippen LogP contribution < -0.4 is 15.2 Å². The second kappa shape index (κ2) is 5.96. The Labute approximate surface area is 125 Å². The number of rotatable bonds is 4. The van der Waals surface area contributed by atoms with E-state index in [4.69, 9.17) is 15.2 Å². The van der Waals surface area contributed by atoms with Crippen LogP contribution in [0.1, 0.15) is 15.9 Å². The van der Waals surface area contributed by atoms with Gasteiger partial charge < -0.3 is 15.2 Å². The van der Waals surface area contributed by atoms with Crippen LogP contribution in [-0.2, 0) is 0 Å². The minimum atomic E-state index is -0.151. The number of nitrogen functional groups attached to an aromatic ring is 1. The standard InChI is InChI=1S/C15H14BrNO3/c1-19-13-6-4-10(16)8-11(13)15(18)9-3-5-12(17)14(7-9)20-2/h3-8H,17H2,1-2H3. The van der Waals surface area contributed by atoms with Crippen LogP contribution in [0.15, 0.2) is 40.9 Å². The smallest absolute Gasteiger partial charge is 0.196 e. The van der Waals surface area contributed by atoms with E-state index in [1.807, 2.05) is 6.07 Å². The van der Waals surface area contributed by atoms with Gasteiger partial charge >= 0.3 is 0 Å². The summed E-state index contributed by atoms with van der Waals surface area (Å²) in [6, 6.07) is 10.2. The lowest BCUT2D eigenvalue weighted by atomic mass is 10.0. The van der Waals surface area contributed by atoms with Crippen LogP contribution in [0.25, 0.3) is 0 Å². The Hall–Kier alpha value is -2.01. The van der Waals surface area contributed by atoms with Crippen LogP contribution >= 0.6 is 15.9 Å². The third-order valence-corrected chi connectivity index (χ3v) is 3.40. The highest BCUT2D eigenvalue weighted by atomic mass is 79.9. The number of hydrogen-bond acceptors (Lipinski definition) is 4. The first-order valence-corrected chi connectivity index (χ1v) is 6.68. The van der Waals surface area contributed by atoms with Crippen LogP contribution in [0.2, 0.25) is 0 Å². The van der Waals surface area contributed by atoms with Crippen LogP contribution in [0.4, 0.5) is 5.69 Å². The van der Waals surface area contributed by atoms with E-state index >= 15 is 0 Å². The molecule has 20 heavy (non-hydrogen) atoms. The molecule has 0 saturated carbocycles. The van der Waals surface area contributed by atoms with E-state index in [1.54, 1.807) is 30.3 Å². The molecule has 0 aliphatic rings. The fourth-order valence-electron chi connectivity index (χ4n) is 1.87. The van der Waals surface area contributed by atoms with Crippen molar-refractivity contribution in [2.75, 3.05) is 20.0 Å². The van der Waals surface area contributed by atoms with Gasteiger partial charge in [-0.2, -0.15) is 0 Å². The average Bonchev–Trinajstić information content (AvgIpc) is 2.47. The summed E-state index contributed by atoms with van der Waals surface area (Å²) >= 11 is 3.35. The molecule has 0 aromatic heterocycles. The molecule has 0 bridgehead atoms. The number of halogens is 1. The molecule has 4 nitrogen and oxygen atoms in total. The van der Waals surface area contributed by atoms with E-state index in [1.165, 1.54) is 14.2 Å². The van der Waals surface area contributed by atoms with Crippen LogP contribution in [-0.4, -0.2) is 20.0 Å². The van der Waals surface area contributed by atoms with Crippen molar-refractivity contribution in [2.24, 2.45) is 0 Å². The van der Waals surface area contributed by atoms with E-state index < -0.39 is 0 Å². The van der Waals surface area contributed by atoms with Gasteiger partial charge in [-0.15, -0.1) is 0 Å². The van der Waals surface area contributed by atoms with E-state index in [-0.39, 0.29) is 5.78 Å². The maximum Gasteiger partial charge on any atom is 0.196 e. The number of ketones is 1. The molecule has 0 radical (unpaired) electrons. The van der Waals surface area contributed by atoms with Crippen LogP contribution in [0.3, 0.4) is 0 Å². The molecule has 0 aliphatic carbocycles. The number of methoxy groups -OCH3 is 2. The van der Waals surface area contributed by atoms with E-state index in [2.05, 4.69) is 15.9 Å². The lowest BCUT2D eigenvalue weighted by Gasteiger charge is -2.10. The molecule has 0 saturated heterocycles. The first-order valence-electron chi connectivity index (χ1n) is 5.88. The van der Waals surface area contributed by atoms with Crippen molar-refractivity contribution in [1.29, 1.82) is 0 Å². The van der Waals surface area contributed by atoms with E-state index in [0.717, 1.165) is 4.47 Å². The molecular formula is C15H14BrNO3. The summed E-state index contributed by atoms with van der Waals surface area (Å²) in [5.41, 5.74) is 7.21. The highest BCUT2D eigenvalue weighted by Crippen LogP contribution is 2.28. The summed E-state index contributed by atoms with van der Waals surface area (Å²) in [5, 5.41) is 0. The monoisotopic (exact) mass is 335 g/mol. The van der Waals surface area contributed by atoms with Crippen molar-refractivity contribution in [3.63, 3.8) is 0 Å². The van der Waals surface area contributed by atoms with Crippen molar-refractivity contribution in [1.82, 2.24) is 0 Å². The molecule has 5 heteroatoms. The summed E-state index contributed by atoms with van der Waals surface area (Å²) in [7, 11) is 3.04. The van der Waals surface area contributed by atoms with Gasteiger partial charge in [-0.25, -0.2) is 0 Å². The summed E-state index contributed by atoms with van der Waals surface area (Å²) in [6.07, 6.45) is 0. The third kappa shape index (κ3) is 2.77. The first kappa shape index (κ1) is 14.4. The molecule has 2 aromatic rings. The number of hydrogen-bond donors (Lipinski definition) is 1. The van der Waals surface area contributed by atoms with Gasteiger partial charge in [-0.05, 0) is 36.4 Å². The Bertz CT molecular complexity index is 656. The van der Waals surface area contributed by atoms with Crippen molar-refractivity contribution in [3.8, 4) is 11.5 Å². The fourth-order valence-corrected chi connectivity index (χ4v) is 2.23. The molecule has 0 amide bonds. The van der Waals surface area contributed by atoms with Crippen LogP contribution in [0, 0.1) is 0 Å². The summed E-state index contributed by atoms with van der Waals surface area (Å²) in [5.74, 6) is 0.847. The predicted octanol–water partition coefficient (Wildman–Crippen LogP) is 3.28. The lowest BCUT2D eigenvalue weighted by molar-refractivity contribution is 0.103. The molecule has 2 rings (SSSR count). The number of carbonyl (C=O) groups is 1. The Morgan fingerprint density at radius 1 is 1.05 bits per heavy atom. The fraction of sp³-hybridized carbons (Fsp3) is 0.133. The third-order valence-electron chi connectivity index (χ3n) is 2.90. The predicted molar refractivity (Wildman–Crippen MR) is 81.5 cm³/mol. The normalized spacial score (nSPS) is 10.2. The molecule has 104 valence electrons. The maximum absolute atomic E-state index is 12.6. The zero-order valence-corrected chi connectivity index (χ0v) is 12.7. The SMILES string of the molecule is COc1cc(C(=O)c2cc(Br)ccc2OC)ccc1N. The van der Waals surface area contributed by atoms with Gasteiger partial charge in [-0.1, -0.05) is 15.9 Å². The molecule has 2 aromatic carbocycles. The summed E-state index contributed by atoms with van der Waals surface area (Å²) in [4.78, 5) is 12.6. The van der Waals surface area contributed by atoms with Crippen LogP contribution in [0.5, 0.6) is 11.5 Å². The lowest BCUT2D eigenvalue weighted by Crippen LogP contribution is -2.05. The van der Waals surface area contributed by atoms with Gasteiger partial charge in [0.15, 0.2) is 5.78 Å². The number of benzene rings is 2. The zero-order valence-electron chi connectivity index (χ0n) is 11.1. The summed E-state index contributed by atoms with van der Waals surface area (Å²) < 4.78 is 11.2. The van der Waals surface area contributed by atoms with Gasteiger partial charge in [0.2, 0.25) is 0 Å². The van der Waals surface area contributed by atoms with Gasteiger partial charge in [0.05, 0.1) is 25.5 Å². The topological polar surface area (TPSA) is 61.5 Å². The number of carbonyl (C=O) groups excluding carboxylic acids is 1. The molecule has 0 heterocycles. The largest absolute Gasteiger partial charge is 0.496 e. The van der Waals surface area contributed by atoms with Gasteiger partial charge in [-0.3, -0.25) is 4.79 Å². The average molecular weight is 336 g/mol. The Kier molecular flexibility index (Phi) is 4.29. The minimum Gasteiger partial charge on any atom is -0.496 e. The molecule has 0 fully saturated rings. The van der Waals surface area contributed by atoms with Crippen molar-refractivity contribution in [3.05, 3.63) is 52.0 Å². The molecule has 0 unspecified atom stereocenters. The Balaban J connectivity index is 2.48. The van der Waals surface area contributed by atoms with Gasteiger partial charge in [0, 0.05) is 10.0 Å². The number of ether oxygens (including phenoxy) is 2. The quantitative estimate of drug-likeness (QED) is 0.688. The van der Waals surface area contributed by atoms with Crippen molar-refractivity contribution >= 4 is 27.4 Å². The highest BCUT2D eigenvalue weighted by molar-refractivity contribution is 9.10. The minimum absolute atomic E-state index is 0.151. The first-order chi connectivity index (χ1) is 9.56. The van der Waals surface area contributed by atoms with Gasteiger partial charge in [0.25, 0.3) is 0 Å². The van der Waals surface area contributed by atoms with Gasteiger partial charge in [0.1, 0.15) is 11.5 Å².